The quantitative estimate of drug-likeness (QED) is 0.642. The molecular formula is C22H20FNO3. The van der Waals surface area contributed by atoms with E-state index in [4.69, 9.17) is 9.15 Å². The minimum atomic E-state index is -0.431. The molecule has 1 unspecified atom stereocenters. The molecule has 0 saturated carbocycles. The fraction of sp³-hybridized carbons (Fsp3) is 0.227. The number of carbonyl (C=O) groups excluding carboxylic acids is 1. The number of hydrogen-bond donors (Lipinski definition) is 0. The van der Waals surface area contributed by atoms with Crippen LogP contribution in [0.25, 0.3) is 0 Å². The summed E-state index contributed by atoms with van der Waals surface area (Å²) in [6, 6.07) is 17.5. The van der Waals surface area contributed by atoms with E-state index in [9.17, 15) is 9.18 Å². The molecule has 0 radical (unpaired) electrons. The van der Waals surface area contributed by atoms with Gasteiger partial charge in [0.05, 0.1) is 0 Å². The summed E-state index contributed by atoms with van der Waals surface area (Å²) in [6.07, 6.45) is 0.909. The summed E-state index contributed by atoms with van der Waals surface area (Å²) in [7, 11) is 0. The van der Waals surface area contributed by atoms with E-state index in [1.54, 1.807) is 35.2 Å². The molecule has 5 heteroatoms. The summed E-state index contributed by atoms with van der Waals surface area (Å²) in [5, 5.41) is 0. The van der Waals surface area contributed by atoms with Crippen molar-refractivity contribution in [2.75, 3.05) is 11.4 Å². The first kappa shape index (κ1) is 17.3. The Balaban J connectivity index is 1.49. The van der Waals surface area contributed by atoms with Crippen LogP contribution in [0.1, 0.15) is 41.1 Å². The topological polar surface area (TPSA) is 42.7 Å². The molecule has 3 aromatic rings. The maximum Gasteiger partial charge on any atom is 0.293 e. The molecule has 1 aliphatic heterocycles. The molecule has 1 atom stereocenters. The van der Waals surface area contributed by atoms with Crippen molar-refractivity contribution < 1.29 is 18.3 Å². The zero-order chi connectivity index (χ0) is 18.8. The SMILES string of the molecule is CC1CCN(C(=O)c2ccc(COc3ccccc3F)o2)c2ccccc21. The lowest BCUT2D eigenvalue weighted by atomic mass is 9.91. The van der Waals surface area contributed by atoms with Crippen LogP contribution in [0.5, 0.6) is 5.75 Å². The van der Waals surface area contributed by atoms with Crippen LogP contribution in [0.3, 0.4) is 0 Å². The van der Waals surface area contributed by atoms with Gasteiger partial charge in [-0.2, -0.15) is 0 Å². The number of benzene rings is 2. The Hall–Kier alpha value is -3.08. The predicted octanol–water partition coefficient (Wildman–Crippen LogP) is 5.15. The van der Waals surface area contributed by atoms with Gasteiger partial charge in [-0.25, -0.2) is 4.39 Å². The predicted molar refractivity (Wildman–Crippen MR) is 101 cm³/mol. The lowest BCUT2D eigenvalue weighted by Gasteiger charge is -2.32. The molecule has 4 rings (SSSR count). The highest BCUT2D eigenvalue weighted by molar-refractivity contribution is 6.05. The Morgan fingerprint density at radius 1 is 1.15 bits per heavy atom. The molecule has 1 aromatic heterocycles. The van der Waals surface area contributed by atoms with Gasteiger partial charge in [0, 0.05) is 12.2 Å². The molecule has 4 nitrogen and oxygen atoms in total. The molecule has 0 fully saturated rings. The minimum absolute atomic E-state index is 0.0574. The molecule has 138 valence electrons. The third kappa shape index (κ3) is 3.45. The van der Waals surface area contributed by atoms with E-state index in [0.717, 1.165) is 12.1 Å². The van der Waals surface area contributed by atoms with Gasteiger partial charge in [-0.3, -0.25) is 4.79 Å². The van der Waals surface area contributed by atoms with E-state index in [0.29, 0.717) is 18.2 Å². The number of anilines is 1. The van der Waals surface area contributed by atoms with Gasteiger partial charge in [-0.05, 0) is 48.2 Å². The molecule has 0 spiro atoms. The highest BCUT2D eigenvalue weighted by Crippen LogP contribution is 2.35. The van der Waals surface area contributed by atoms with Crippen LogP contribution in [-0.2, 0) is 6.61 Å². The summed E-state index contributed by atoms with van der Waals surface area (Å²) in [4.78, 5) is 14.7. The first-order chi connectivity index (χ1) is 13.1. The Bertz CT molecular complexity index is 965. The van der Waals surface area contributed by atoms with Gasteiger partial charge in [0.1, 0.15) is 12.4 Å². The Labute approximate surface area is 157 Å². The molecule has 2 heterocycles. The van der Waals surface area contributed by atoms with Crippen LogP contribution < -0.4 is 9.64 Å². The number of para-hydroxylation sites is 2. The molecule has 0 bridgehead atoms. The Morgan fingerprint density at radius 3 is 2.78 bits per heavy atom. The highest BCUT2D eigenvalue weighted by Gasteiger charge is 2.28. The van der Waals surface area contributed by atoms with Crippen LogP contribution >= 0.6 is 0 Å². The number of halogens is 1. The fourth-order valence-corrected chi connectivity index (χ4v) is 3.37. The van der Waals surface area contributed by atoms with Gasteiger partial charge < -0.3 is 14.1 Å². The number of furan rings is 1. The first-order valence-corrected chi connectivity index (χ1v) is 9.00. The zero-order valence-electron chi connectivity index (χ0n) is 15.0. The van der Waals surface area contributed by atoms with E-state index >= 15 is 0 Å². The second kappa shape index (κ2) is 7.27. The van der Waals surface area contributed by atoms with Crippen LogP contribution in [0.2, 0.25) is 0 Å². The number of carbonyl (C=O) groups is 1. The smallest absolute Gasteiger partial charge is 0.293 e. The van der Waals surface area contributed by atoms with Crippen molar-refractivity contribution in [3.8, 4) is 5.75 Å². The molecule has 2 aromatic carbocycles. The van der Waals surface area contributed by atoms with Crippen molar-refractivity contribution in [1.29, 1.82) is 0 Å². The first-order valence-electron chi connectivity index (χ1n) is 9.00. The van der Waals surface area contributed by atoms with Crippen LogP contribution in [0.4, 0.5) is 10.1 Å². The van der Waals surface area contributed by atoms with Crippen molar-refractivity contribution in [2.45, 2.75) is 25.9 Å². The highest BCUT2D eigenvalue weighted by atomic mass is 19.1. The van der Waals surface area contributed by atoms with Gasteiger partial charge in [-0.1, -0.05) is 37.3 Å². The van der Waals surface area contributed by atoms with Gasteiger partial charge in [0.25, 0.3) is 5.91 Å². The van der Waals surface area contributed by atoms with E-state index in [1.807, 2.05) is 18.2 Å². The van der Waals surface area contributed by atoms with Crippen molar-refractivity contribution in [3.05, 3.63) is 83.6 Å². The minimum Gasteiger partial charge on any atom is -0.483 e. The molecule has 27 heavy (non-hydrogen) atoms. The van der Waals surface area contributed by atoms with Crippen molar-refractivity contribution in [1.82, 2.24) is 0 Å². The molecule has 0 N–H and O–H groups in total. The summed E-state index contributed by atoms with van der Waals surface area (Å²) in [6.45, 7) is 2.88. The second-order valence-electron chi connectivity index (χ2n) is 6.69. The van der Waals surface area contributed by atoms with Crippen LogP contribution in [0, 0.1) is 5.82 Å². The van der Waals surface area contributed by atoms with E-state index in [1.165, 1.54) is 11.6 Å². The third-order valence-corrected chi connectivity index (χ3v) is 4.87. The van der Waals surface area contributed by atoms with Crippen molar-refractivity contribution in [3.63, 3.8) is 0 Å². The van der Waals surface area contributed by atoms with Gasteiger partial charge >= 0.3 is 0 Å². The summed E-state index contributed by atoms with van der Waals surface area (Å²) < 4.78 is 24.7. The fourth-order valence-electron chi connectivity index (χ4n) is 3.37. The van der Waals surface area contributed by atoms with Gasteiger partial charge in [0.2, 0.25) is 0 Å². The maximum atomic E-state index is 13.6. The Morgan fingerprint density at radius 2 is 1.93 bits per heavy atom. The number of nitrogens with zero attached hydrogens (tertiary/aromatic N) is 1. The molecule has 1 aliphatic rings. The third-order valence-electron chi connectivity index (χ3n) is 4.87. The maximum absolute atomic E-state index is 13.6. The lowest BCUT2D eigenvalue weighted by molar-refractivity contribution is 0.0953. The lowest BCUT2D eigenvalue weighted by Crippen LogP contribution is -2.36. The molecular weight excluding hydrogens is 345 g/mol. The van der Waals surface area contributed by atoms with E-state index < -0.39 is 5.82 Å². The number of amides is 1. The average Bonchev–Trinajstić information content (AvgIpc) is 3.16. The number of rotatable bonds is 4. The van der Waals surface area contributed by atoms with Crippen molar-refractivity contribution in [2.24, 2.45) is 0 Å². The van der Waals surface area contributed by atoms with Gasteiger partial charge in [0.15, 0.2) is 17.3 Å². The van der Waals surface area contributed by atoms with E-state index in [-0.39, 0.29) is 24.0 Å². The van der Waals surface area contributed by atoms with Crippen molar-refractivity contribution >= 4 is 11.6 Å². The Kier molecular flexibility index (Phi) is 4.67. The summed E-state index contributed by atoms with van der Waals surface area (Å²) in [5.41, 5.74) is 2.11. The summed E-state index contributed by atoms with van der Waals surface area (Å²) in [5.74, 6) is 0.699. The molecule has 1 amide bonds. The standard InChI is InChI=1S/C22H20FNO3/c1-15-12-13-24(19-8-4-2-6-17(15)19)22(25)21-11-10-16(27-21)14-26-20-9-5-3-7-18(20)23/h2-11,15H,12-14H2,1H3. The number of fused-ring (bicyclic) bond motifs is 1. The zero-order valence-corrected chi connectivity index (χ0v) is 15.0. The van der Waals surface area contributed by atoms with Crippen LogP contribution in [-0.4, -0.2) is 12.5 Å². The monoisotopic (exact) mass is 365 g/mol. The molecule has 0 saturated heterocycles. The molecule has 0 aliphatic carbocycles. The second-order valence-corrected chi connectivity index (χ2v) is 6.69. The van der Waals surface area contributed by atoms with Crippen LogP contribution in [0.15, 0.2) is 65.1 Å². The van der Waals surface area contributed by atoms with E-state index in [2.05, 4.69) is 13.0 Å². The normalized spacial score (nSPS) is 16.1. The number of ether oxygens (including phenoxy) is 1. The number of hydrogen-bond acceptors (Lipinski definition) is 3. The largest absolute Gasteiger partial charge is 0.483 e. The van der Waals surface area contributed by atoms with Gasteiger partial charge in [-0.15, -0.1) is 0 Å². The average molecular weight is 365 g/mol. The summed E-state index contributed by atoms with van der Waals surface area (Å²) >= 11 is 0.